The van der Waals surface area contributed by atoms with Gasteiger partial charge in [0.25, 0.3) is 0 Å². The number of halogens is 3. The van der Waals surface area contributed by atoms with Crippen LogP contribution in [0.4, 0.5) is 5.69 Å². The molecule has 0 fully saturated rings. The van der Waals surface area contributed by atoms with E-state index in [1.807, 2.05) is 24.3 Å². The number of anilines is 1. The summed E-state index contributed by atoms with van der Waals surface area (Å²) in [5, 5.41) is 0.596. The molecule has 19 heavy (non-hydrogen) atoms. The van der Waals surface area contributed by atoms with Gasteiger partial charge in [-0.25, -0.2) is 0 Å². The minimum Gasteiger partial charge on any atom is -0.396 e. The van der Waals surface area contributed by atoms with Crippen LogP contribution >= 0.6 is 39.1 Å². The van der Waals surface area contributed by atoms with Gasteiger partial charge in [0.05, 0.1) is 15.7 Å². The summed E-state index contributed by atoms with van der Waals surface area (Å²) in [6.07, 6.45) is 0.295. The molecule has 5 heteroatoms. The number of nitrogens with two attached hydrogens (primary N) is 1. The van der Waals surface area contributed by atoms with E-state index >= 15 is 0 Å². The first kappa shape index (κ1) is 14.4. The third kappa shape index (κ3) is 3.50. The normalized spacial score (nSPS) is 10.5. The molecule has 0 unspecified atom stereocenters. The molecule has 0 bridgehead atoms. The third-order valence-corrected chi connectivity index (χ3v) is 3.83. The van der Waals surface area contributed by atoms with Crippen LogP contribution in [-0.4, -0.2) is 5.78 Å². The van der Waals surface area contributed by atoms with E-state index in [0.717, 1.165) is 10.0 Å². The Morgan fingerprint density at radius 3 is 2.16 bits per heavy atom. The topological polar surface area (TPSA) is 43.1 Å². The standard InChI is InChI=1S/C14H10BrCl2NO/c15-10-3-1-8(2-4-10)5-13(19)9-6-11(16)14(18)12(17)7-9/h1-4,6-7H,5,18H2. The molecule has 0 heterocycles. The van der Waals surface area contributed by atoms with E-state index < -0.39 is 0 Å². The zero-order valence-corrected chi connectivity index (χ0v) is 12.9. The highest BCUT2D eigenvalue weighted by atomic mass is 79.9. The summed E-state index contributed by atoms with van der Waals surface area (Å²) in [7, 11) is 0. The number of rotatable bonds is 3. The van der Waals surface area contributed by atoms with Crippen molar-refractivity contribution < 1.29 is 4.79 Å². The van der Waals surface area contributed by atoms with Crippen LogP contribution in [-0.2, 0) is 6.42 Å². The number of nitrogen functional groups attached to an aromatic ring is 1. The second kappa shape index (κ2) is 5.95. The minimum atomic E-state index is -0.0499. The van der Waals surface area contributed by atoms with Crippen LogP contribution in [0, 0.1) is 0 Å². The summed E-state index contributed by atoms with van der Waals surface area (Å²) >= 11 is 15.2. The van der Waals surface area contributed by atoms with E-state index in [-0.39, 0.29) is 5.78 Å². The van der Waals surface area contributed by atoms with Crippen molar-refractivity contribution in [3.05, 3.63) is 62.0 Å². The molecule has 0 radical (unpaired) electrons. The highest BCUT2D eigenvalue weighted by Crippen LogP contribution is 2.29. The first-order valence-corrected chi connectivity index (χ1v) is 7.04. The Balaban J connectivity index is 2.23. The molecule has 0 saturated carbocycles. The molecular weight excluding hydrogens is 349 g/mol. The van der Waals surface area contributed by atoms with Crippen LogP contribution in [0.1, 0.15) is 15.9 Å². The van der Waals surface area contributed by atoms with Gasteiger partial charge in [-0.2, -0.15) is 0 Å². The lowest BCUT2D eigenvalue weighted by Gasteiger charge is -2.06. The quantitative estimate of drug-likeness (QED) is 0.634. The van der Waals surface area contributed by atoms with Gasteiger partial charge < -0.3 is 5.73 Å². The number of Topliss-reactive ketones (excluding diaryl/α,β-unsaturated/α-hetero) is 1. The first-order chi connectivity index (χ1) is 8.97. The van der Waals surface area contributed by atoms with E-state index in [0.29, 0.717) is 27.7 Å². The van der Waals surface area contributed by atoms with Gasteiger partial charge in [0.15, 0.2) is 5.78 Å². The molecule has 0 spiro atoms. The summed E-state index contributed by atoms with van der Waals surface area (Å²) in [4.78, 5) is 12.1. The number of carbonyl (C=O) groups is 1. The highest BCUT2D eigenvalue weighted by molar-refractivity contribution is 9.10. The number of hydrogen-bond donors (Lipinski definition) is 1. The van der Waals surface area contributed by atoms with Crippen molar-refractivity contribution in [2.75, 3.05) is 5.73 Å². The average molecular weight is 359 g/mol. The SMILES string of the molecule is Nc1c(Cl)cc(C(=O)Cc2ccc(Br)cc2)cc1Cl. The van der Waals surface area contributed by atoms with Gasteiger partial charge in [-0.15, -0.1) is 0 Å². The molecule has 2 aromatic carbocycles. The molecule has 2 nitrogen and oxygen atoms in total. The molecule has 0 aliphatic rings. The average Bonchev–Trinajstić information content (AvgIpc) is 2.38. The summed E-state index contributed by atoms with van der Waals surface area (Å²) < 4.78 is 0.974. The summed E-state index contributed by atoms with van der Waals surface area (Å²) in [6.45, 7) is 0. The first-order valence-electron chi connectivity index (χ1n) is 5.49. The predicted molar refractivity (Wildman–Crippen MR) is 83.1 cm³/mol. The Morgan fingerprint density at radius 2 is 1.63 bits per heavy atom. The lowest BCUT2D eigenvalue weighted by atomic mass is 10.0. The summed E-state index contributed by atoms with van der Waals surface area (Å²) in [5.41, 5.74) is 7.33. The van der Waals surface area contributed by atoms with Crippen molar-refractivity contribution in [2.24, 2.45) is 0 Å². The molecule has 98 valence electrons. The fourth-order valence-corrected chi connectivity index (χ4v) is 2.39. The Labute approximate surface area is 129 Å². The third-order valence-electron chi connectivity index (χ3n) is 2.68. The molecule has 2 aromatic rings. The zero-order chi connectivity index (χ0) is 14.0. The van der Waals surface area contributed by atoms with Gasteiger partial charge in [-0.05, 0) is 29.8 Å². The molecule has 2 rings (SSSR count). The predicted octanol–water partition coefficient (Wildman–Crippen LogP) is 4.76. The van der Waals surface area contributed by atoms with Crippen molar-refractivity contribution >= 4 is 50.6 Å². The number of benzene rings is 2. The van der Waals surface area contributed by atoms with Crippen molar-refractivity contribution in [3.63, 3.8) is 0 Å². The van der Waals surface area contributed by atoms with E-state index in [4.69, 9.17) is 28.9 Å². The summed E-state index contributed by atoms with van der Waals surface area (Å²) in [6, 6.07) is 10.7. The van der Waals surface area contributed by atoms with Crippen molar-refractivity contribution in [2.45, 2.75) is 6.42 Å². The molecule has 0 aliphatic heterocycles. The fraction of sp³-hybridized carbons (Fsp3) is 0.0714. The van der Waals surface area contributed by atoms with Crippen LogP contribution in [0.5, 0.6) is 0 Å². The van der Waals surface area contributed by atoms with Gasteiger partial charge in [0, 0.05) is 16.5 Å². The maximum atomic E-state index is 12.1. The fourth-order valence-electron chi connectivity index (χ4n) is 1.64. The van der Waals surface area contributed by atoms with Gasteiger partial charge in [-0.1, -0.05) is 51.3 Å². The number of ketones is 1. The minimum absolute atomic E-state index is 0.0499. The maximum absolute atomic E-state index is 12.1. The second-order valence-electron chi connectivity index (χ2n) is 4.08. The van der Waals surface area contributed by atoms with Crippen molar-refractivity contribution in [1.29, 1.82) is 0 Å². The summed E-state index contributed by atoms with van der Waals surface area (Å²) in [5.74, 6) is -0.0499. The lowest BCUT2D eigenvalue weighted by Crippen LogP contribution is -2.04. The van der Waals surface area contributed by atoms with Crippen LogP contribution in [0.3, 0.4) is 0 Å². The Bertz CT molecular complexity index is 603. The van der Waals surface area contributed by atoms with Gasteiger partial charge in [0.2, 0.25) is 0 Å². The molecule has 0 saturated heterocycles. The van der Waals surface area contributed by atoms with E-state index in [1.165, 1.54) is 0 Å². The van der Waals surface area contributed by atoms with Crippen LogP contribution in [0.15, 0.2) is 40.9 Å². The van der Waals surface area contributed by atoms with Crippen molar-refractivity contribution in [3.8, 4) is 0 Å². The highest BCUT2D eigenvalue weighted by Gasteiger charge is 2.12. The van der Waals surface area contributed by atoms with Crippen LogP contribution < -0.4 is 5.73 Å². The number of carbonyl (C=O) groups excluding carboxylic acids is 1. The largest absolute Gasteiger partial charge is 0.396 e. The van der Waals surface area contributed by atoms with Gasteiger partial charge in [0.1, 0.15) is 0 Å². The van der Waals surface area contributed by atoms with E-state index in [2.05, 4.69) is 15.9 Å². The van der Waals surface area contributed by atoms with Crippen LogP contribution in [0.2, 0.25) is 10.0 Å². The monoisotopic (exact) mass is 357 g/mol. The second-order valence-corrected chi connectivity index (χ2v) is 5.81. The Morgan fingerprint density at radius 1 is 1.11 bits per heavy atom. The van der Waals surface area contributed by atoms with E-state index in [9.17, 15) is 4.79 Å². The Kier molecular flexibility index (Phi) is 4.50. The van der Waals surface area contributed by atoms with Gasteiger partial charge >= 0.3 is 0 Å². The smallest absolute Gasteiger partial charge is 0.167 e. The molecule has 0 amide bonds. The maximum Gasteiger partial charge on any atom is 0.167 e. The van der Waals surface area contributed by atoms with Gasteiger partial charge in [-0.3, -0.25) is 4.79 Å². The molecule has 0 atom stereocenters. The molecule has 0 aromatic heterocycles. The Hall–Kier alpha value is -1.03. The lowest BCUT2D eigenvalue weighted by molar-refractivity contribution is 0.0993. The molecule has 2 N–H and O–H groups in total. The van der Waals surface area contributed by atoms with E-state index in [1.54, 1.807) is 12.1 Å². The van der Waals surface area contributed by atoms with Crippen molar-refractivity contribution in [1.82, 2.24) is 0 Å². The zero-order valence-electron chi connectivity index (χ0n) is 9.79. The number of hydrogen-bond acceptors (Lipinski definition) is 2. The molecular formula is C14H10BrCl2NO. The molecule has 0 aliphatic carbocycles. The van der Waals surface area contributed by atoms with Crippen LogP contribution in [0.25, 0.3) is 0 Å².